The van der Waals surface area contributed by atoms with Crippen molar-refractivity contribution in [2.45, 2.75) is 59.4 Å². The number of nitrogens with zero attached hydrogens (tertiary/aromatic N) is 1. The summed E-state index contributed by atoms with van der Waals surface area (Å²) in [5.41, 5.74) is 6.46. The Kier molecular flexibility index (Phi) is 5.33. The smallest absolute Gasteiger partial charge is 0.323 e. The fourth-order valence-corrected chi connectivity index (χ4v) is 3.99. The van der Waals surface area contributed by atoms with Crippen molar-refractivity contribution in [1.82, 2.24) is 4.57 Å². The molecule has 0 fully saturated rings. The van der Waals surface area contributed by atoms with Crippen LogP contribution in [0.4, 0.5) is 4.39 Å². The number of halogens is 1. The van der Waals surface area contributed by atoms with Crippen LogP contribution in [-0.2, 0) is 23.2 Å². The van der Waals surface area contributed by atoms with Gasteiger partial charge in [0.05, 0.1) is 0 Å². The van der Waals surface area contributed by atoms with Crippen LogP contribution in [0.5, 0.6) is 0 Å². The molecule has 0 atom stereocenters. The summed E-state index contributed by atoms with van der Waals surface area (Å²) in [4.78, 5) is 11.3. The monoisotopic (exact) mass is 381 g/mol. The van der Waals surface area contributed by atoms with Crippen molar-refractivity contribution in [3.63, 3.8) is 0 Å². The standard InChI is InChI=1S/C24H28FNO2/c1-6-24(4,5)21-12-17(8-7-15(21)2)11-19-16(3)26(14-23(27)28)22-10-9-18(25)13-20(19)22/h7-10,12-13H,6,11,14H2,1-5H3,(H,27,28). The Morgan fingerprint density at radius 1 is 1.14 bits per heavy atom. The van der Waals surface area contributed by atoms with Crippen molar-refractivity contribution in [2.24, 2.45) is 0 Å². The molecular formula is C24H28FNO2. The van der Waals surface area contributed by atoms with Gasteiger partial charge < -0.3 is 9.67 Å². The van der Waals surface area contributed by atoms with Crippen LogP contribution in [0.3, 0.4) is 0 Å². The molecular weight excluding hydrogens is 353 g/mol. The van der Waals surface area contributed by atoms with Gasteiger partial charge in [-0.3, -0.25) is 4.79 Å². The second-order valence-corrected chi connectivity index (χ2v) is 8.27. The van der Waals surface area contributed by atoms with Gasteiger partial charge in [-0.05, 0) is 72.6 Å². The molecule has 2 aromatic carbocycles. The molecule has 3 aromatic rings. The highest BCUT2D eigenvalue weighted by molar-refractivity contribution is 5.87. The summed E-state index contributed by atoms with van der Waals surface area (Å²) in [7, 11) is 0. The van der Waals surface area contributed by atoms with Crippen molar-refractivity contribution in [2.75, 3.05) is 0 Å². The average molecular weight is 381 g/mol. The molecule has 0 aliphatic rings. The largest absolute Gasteiger partial charge is 0.480 e. The van der Waals surface area contributed by atoms with Crippen molar-refractivity contribution in [3.05, 3.63) is 70.2 Å². The summed E-state index contributed by atoms with van der Waals surface area (Å²) < 4.78 is 15.7. The van der Waals surface area contributed by atoms with Gasteiger partial charge in [-0.1, -0.05) is 39.0 Å². The molecule has 0 bridgehead atoms. The molecule has 0 radical (unpaired) electrons. The number of hydrogen-bond donors (Lipinski definition) is 1. The fraction of sp³-hybridized carbons (Fsp3) is 0.375. The first-order valence-electron chi connectivity index (χ1n) is 9.73. The minimum atomic E-state index is -0.904. The number of aromatic nitrogens is 1. The van der Waals surface area contributed by atoms with Crippen molar-refractivity contribution in [1.29, 1.82) is 0 Å². The maximum atomic E-state index is 14.0. The molecule has 0 aliphatic heterocycles. The molecule has 0 saturated carbocycles. The number of benzene rings is 2. The second-order valence-electron chi connectivity index (χ2n) is 8.27. The van der Waals surface area contributed by atoms with E-state index in [0.29, 0.717) is 6.42 Å². The molecule has 0 unspecified atom stereocenters. The van der Waals surface area contributed by atoms with E-state index < -0.39 is 5.97 Å². The predicted octanol–water partition coefficient (Wildman–Crippen LogP) is 5.76. The van der Waals surface area contributed by atoms with Crippen LogP contribution in [0, 0.1) is 19.7 Å². The first kappa shape index (κ1) is 20.1. The van der Waals surface area contributed by atoms with Gasteiger partial charge in [0.25, 0.3) is 0 Å². The summed E-state index contributed by atoms with van der Waals surface area (Å²) in [6.45, 7) is 10.6. The van der Waals surface area contributed by atoms with E-state index in [4.69, 9.17) is 0 Å². The molecule has 0 amide bonds. The van der Waals surface area contributed by atoms with Crippen LogP contribution in [-0.4, -0.2) is 15.6 Å². The van der Waals surface area contributed by atoms with Gasteiger partial charge in [-0.2, -0.15) is 0 Å². The van der Waals surface area contributed by atoms with Gasteiger partial charge in [-0.15, -0.1) is 0 Å². The first-order valence-corrected chi connectivity index (χ1v) is 9.73. The van der Waals surface area contributed by atoms with Crippen molar-refractivity contribution in [3.8, 4) is 0 Å². The number of aliphatic carboxylic acids is 1. The van der Waals surface area contributed by atoms with E-state index in [0.717, 1.165) is 34.1 Å². The van der Waals surface area contributed by atoms with Crippen LogP contribution < -0.4 is 0 Å². The SMILES string of the molecule is CCC(C)(C)c1cc(Cc2c(C)n(CC(=O)O)c3ccc(F)cc23)ccc1C. The Balaban J connectivity index is 2.13. The number of carboxylic acid groups (broad SMARTS) is 1. The summed E-state index contributed by atoms with van der Waals surface area (Å²) in [5, 5.41) is 10.1. The number of hydrogen-bond acceptors (Lipinski definition) is 1. The number of fused-ring (bicyclic) bond motifs is 1. The van der Waals surface area contributed by atoms with Gasteiger partial charge in [0, 0.05) is 16.6 Å². The molecule has 1 aromatic heterocycles. The van der Waals surface area contributed by atoms with E-state index in [1.165, 1.54) is 23.3 Å². The molecule has 0 spiro atoms. The molecule has 1 heterocycles. The van der Waals surface area contributed by atoms with Gasteiger partial charge in [0.1, 0.15) is 12.4 Å². The highest BCUT2D eigenvalue weighted by atomic mass is 19.1. The number of aryl methyl sites for hydroxylation is 1. The molecule has 1 N–H and O–H groups in total. The van der Waals surface area contributed by atoms with Gasteiger partial charge in [-0.25, -0.2) is 4.39 Å². The summed E-state index contributed by atoms with van der Waals surface area (Å²) >= 11 is 0. The van der Waals surface area contributed by atoms with Crippen molar-refractivity contribution >= 4 is 16.9 Å². The molecule has 3 nitrogen and oxygen atoms in total. The topological polar surface area (TPSA) is 42.2 Å². The van der Waals surface area contributed by atoms with Gasteiger partial charge in [0.15, 0.2) is 0 Å². The third-order valence-corrected chi connectivity index (χ3v) is 6.01. The van der Waals surface area contributed by atoms with E-state index in [9.17, 15) is 14.3 Å². The Labute approximate surface area is 165 Å². The number of carbonyl (C=O) groups is 1. The fourth-order valence-electron chi connectivity index (χ4n) is 3.99. The predicted molar refractivity (Wildman–Crippen MR) is 112 cm³/mol. The number of rotatable bonds is 6. The lowest BCUT2D eigenvalue weighted by Gasteiger charge is -2.26. The van der Waals surface area contributed by atoms with Crippen molar-refractivity contribution < 1.29 is 14.3 Å². The lowest BCUT2D eigenvalue weighted by atomic mass is 9.79. The maximum Gasteiger partial charge on any atom is 0.323 e. The van der Waals surface area contributed by atoms with Crippen LogP contribution in [0.15, 0.2) is 36.4 Å². The quantitative estimate of drug-likeness (QED) is 0.590. The lowest BCUT2D eigenvalue weighted by molar-refractivity contribution is -0.137. The number of carboxylic acids is 1. The zero-order chi connectivity index (χ0) is 20.6. The van der Waals surface area contributed by atoms with Crippen LogP contribution >= 0.6 is 0 Å². The van der Waals surface area contributed by atoms with Gasteiger partial charge in [0.2, 0.25) is 0 Å². The van der Waals surface area contributed by atoms with E-state index >= 15 is 0 Å². The Bertz CT molecular complexity index is 1050. The van der Waals surface area contributed by atoms with Crippen LogP contribution in [0.1, 0.15) is 55.1 Å². The minimum absolute atomic E-state index is 0.0819. The Morgan fingerprint density at radius 2 is 1.86 bits per heavy atom. The van der Waals surface area contributed by atoms with Crippen LogP contribution in [0.2, 0.25) is 0 Å². The second kappa shape index (κ2) is 7.42. The minimum Gasteiger partial charge on any atom is -0.480 e. The molecule has 28 heavy (non-hydrogen) atoms. The zero-order valence-electron chi connectivity index (χ0n) is 17.3. The van der Waals surface area contributed by atoms with Gasteiger partial charge >= 0.3 is 5.97 Å². The Morgan fingerprint density at radius 3 is 2.50 bits per heavy atom. The highest BCUT2D eigenvalue weighted by Crippen LogP contribution is 2.33. The van der Waals surface area contributed by atoms with E-state index in [1.54, 1.807) is 10.6 Å². The van der Waals surface area contributed by atoms with E-state index in [-0.39, 0.29) is 17.8 Å². The first-order chi connectivity index (χ1) is 13.1. The Hall–Kier alpha value is -2.62. The highest BCUT2D eigenvalue weighted by Gasteiger charge is 2.22. The summed E-state index contributed by atoms with van der Waals surface area (Å²) in [6.07, 6.45) is 1.69. The van der Waals surface area contributed by atoms with Crippen LogP contribution in [0.25, 0.3) is 10.9 Å². The average Bonchev–Trinajstić information content (AvgIpc) is 2.87. The molecule has 0 aliphatic carbocycles. The molecule has 3 rings (SSSR count). The normalized spacial score (nSPS) is 11.9. The maximum absolute atomic E-state index is 14.0. The lowest BCUT2D eigenvalue weighted by Crippen LogP contribution is -2.17. The van der Waals surface area contributed by atoms with E-state index in [2.05, 4.69) is 45.9 Å². The zero-order valence-corrected chi connectivity index (χ0v) is 17.3. The third kappa shape index (κ3) is 3.68. The summed E-state index contributed by atoms with van der Waals surface area (Å²) in [5.74, 6) is -1.21. The summed E-state index contributed by atoms with van der Waals surface area (Å²) in [6, 6.07) is 11.1. The molecule has 0 saturated heterocycles. The third-order valence-electron chi connectivity index (χ3n) is 6.01. The molecule has 148 valence electrons. The van der Waals surface area contributed by atoms with E-state index in [1.807, 2.05) is 6.92 Å². The molecule has 4 heteroatoms.